The number of hydrogen-bond donors (Lipinski definition) is 1. The number of carbonyl (C=O) groups is 1. The van der Waals surface area contributed by atoms with Gasteiger partial charge in [-0.3, -0.25) is 0 Å². The number of hydrogen-bond acceptors (Lipinski definition) is 6. The fraction of sp³-hybridized carbons (Fsp3) is 0.615. The maximum absolute atomic E-state index is 11.9. The molecule has 0 radical (unpaired) electrons. The number of anilines is 1. The lowest BCUT2D eigenvalue weighted by molar-refractivity contribution is -0.147. The monoisotopic (exact) mass is 301 g/mol. The molecule has 6 nitrogen and oxygen atoms in total. The standard InChI is InChI=1S/C13H20ClN3O3/c1-8(20-13(2,3)4)10(11(18)19-5)16-9-6-7-15-12(14)17-9/h6-8,10H,1-5H3,(H,15,16,17)/t8-,10+/m1/s1. The first-order chi connectivity index (χ1) is 9.23. The van der Waals surface area contributed by atoms with E-state index in [1.54, 1.807) is 13.0 Å². The highest BCUT2D eigenvalue weighted by Gasteiger charge is 2.30. The molecule has 20 heavy (non-hydrogen) atoms. The maximum atomic E-state index is 11.9. The van der Waals surface area contributed by atoms with Crippen LogP contribution in [-0.4, -0.2) is 40.8 Å². The number of ether oxygens (including phenoxy) is 2. The van der Waals surface area contributed by atoms with E-state index in [0.29, 0.717) is 5.82 Å². The molecule has 0 saturated heterocycles. The third-order valence-electron chi connectivity index (χ3n) is 2.39. The lowest BCUT2D eigenvalue weighted by Gasteiger charge is -2.30. The first-order valence-electron chi connectivity index (χ1n) is 6.23. The van der Waals surface area contributed by atoms with Crippen molar-refractivity contribution in [1.29, 1.82) is 0 Å². The van der Waals surface area contributed by atoms with Gasteiger partial charge in [-0.05, 0) is 45.4 Å². The minimum absolute atomic E-state index is 0.100. The molecule has 0 amide bonds. The quantitative estimate of drug-likeness (QED) is 0.664. The number of rotatable bonds is 5. The van der Waals surface area contributed by atoms with Gasteiger partial charge in [-0.1, -0.05) is 0 Å². The highest BCUT2D eigenvalue weighted by Crippen LogP contribution is 2.17. The second kappa shape index (κ2) is 6.85. The van der Waals surface area contributed by atoms with Gasteiger partial charge in [-0.15, -0.1) is 0 Å². The number of nitrogens with zero attached hydrogens (tertiary/aromatic N) is 2. The fourth-order valence-corrected chi connectivity index (χ4v) is 1.84. The fourth-order valence-electron chi connectivity index (χ4n) is 1.70. The van der Waals surface area contributed by atoms with Crippen LogP contribution in [0.4, 0.5) is 5.82 Å². The van der Waals surface area contributed by atoms with E-state index >= 15 is 0 Å². The van der Waals surface area contributed by atoms with Crippen LogP contribution in [0.5, 0.6) is 0 Å². The lowest BCUT2D eigenvalue weighted by atomic mass is 10.1. The lowest BCUT2D eigenvalue weighted by Crippen LogP contribution is -2.44. The summed E-state index contributed by atoms with van der Waals surface area (Å²) in [6, 6.07) is 0.927. The second-order valence-corrected chi connectivity index (χ2v) is 5.63. The minimum Gasteiger partial charge on any atom is -0.467 e. The van der Waals surface area contributed by atoms with E-state index in [1.807, 2.05) is 20.8 Å². The highest BCUT2D eigenvalue weighted by molar-refractivity contribution is 6.28. The van der Waals surface area contributed by atoms with E-state index in [0.717, 1.165) is 0 Å². The van der Waals surface area contributed by atoms with Crippen LogP contribution in [0.3, 0.4) is 0 Å². The Morgan fingerprint density at radius 1 is 1.45 bits per heavy atom. The molecular weight excluding hydrogens is 282 g/mol. The van der Waals surface area contributed by atoms with Gasteiger partial charge in [0.1, 0.15) is 5.82 Å². The average molecular weight is 302 g/mol. The molecular formula is C13H20ClN3O3. The molecule has 0 aliphatic rings. The third kappa shape index (κ3) is 5.30. The smallest absolute Gasteiger partial charge is 0.331 e. The molecule has 1 N–H and O–H groups in total. The van der Waals surface area contributed by atoms with Crippen LogP contribution in [0.2, 0.25) is 5.28 Å². The Labute approximate surface area is 123 Å². The van der Waals surface area contributed by atoms with E-state index in [2.05, 4.69) is 15.3 Å². The Morgan fingerprint density at radius 2 is 2.10 bits per heavy atom. The molecule has 0 bridgehead atoms. The molecule has 0 unspecified atom stereocenters. The van der Waals surface area contributed by atoms with E-state index in [-0.39, 0.29) is 10.9 Å². The number of methoxy groups -OCH3 is 1. The molecule has 0 fully saturated rings. The van der Waals surface area contributed by atoms with E-state index in [4.69, 9.17) is 21.1 Å². The molecule has 7 heteroatoms. The Bertz CT molecular complexity index is 462. The Hall–Kier alpha value is -1.40. The Morgan fingerprint density at radius 3 is 2.60 bits per heavy atom. The summed E-state index contributed by atoms with van der Waals surface area (Å²) in [5.41, 5.74) is -0.378. The van der Waals surface area contributed by atoms with Gasteiger partial charge in [0.2, 0.25) is 5.28 Å². The summed E-state index contributed by atoms with van der Waals surface area (Å²) in [5, 5.41) is 3.06. The number of carbonyl (C=O) groups excluding carboxylic acids is 1. The predicted octanol–water partition coefficient (Wildman–Crippen LogP) is 2.29. The van der Waals surface area contributed by atoms with Gasteiger partial charge in [0.15, 0.2) is 6.04 Å². The predicted molar refractivity (Wildman–Crippen MR) is 76.8 cm³/mol. The molecule has 0 saturated carbocycles. The van der Waals surface area contributed by atoms with Crippen LogP contribution >= 0.6 is 11.6 Å². The largest absolute Gasteiger partial charge is 0.467 e. The molecule has 0 aliphatic carbocycles. The molecule has 1 aromatic heterocycles. The Balaban J connectivity index is 2.87. The molecule has 0 spiro atoms. The zero-order valence-corrected chi connectivity index (χ0v) is 13.1. The van der Waals surface area contributed by atoms with Crippen molar-refractivity contribution in [2.45, 2.75) is 45.4 Å². The second-order valence-electron chi connectivity index (χ2n) is 5.29. The Kier molecular flexibility index (Phi) is 5.71. The first-order valence-corrected chi connectivity index (χ1v) is 6.61. The van der Waals surface area contributed by atoms with Gasteiger partial charge >= 0.3 is 5.97 Å². The summed E-state index contributed by atoms with van der Waals surface area (Å²) in [6.45, 7) is 7.54. The van der Waals surface area contributed by atoms with Gasteiger partial charge in [0, 0.05) is 6.20 Å². The summed E-state index contributed by atoms with van der Waals surface area (Å²) in [5.74, 6) is 0.00115. The van der Waals surface area contributed by atoms with Crippen molar-refractivity contribution in [3.05, 3.63) is 17.5 Å². The van der Waals surface area contributed by atoms with Crippen molar-refractivity contribution in [3.63, 3.8) is 0 Å². The van der Waals surface area contributed by atoms with E-state index in [9.17, 15) is 4.79 Å². The van der Waals surface area contributed by atoms with Crippen molar-refractivity contribution < 1.29 is 14.3 Å². The van der Waals surface area contributed by atoms with Gasteiger partial charge in [-0.25, -0.2) is 14.8 Å². The van der Waals surface area contributed by atoms with Crippen LogP contribution in [0.1, 0.15) is 27.7 Å². The van der Waals surface area contributed by atoms with Crippen LogP contribution in [0, 0.1) is 0 Å². The number of halogens is 1. The van der Waals surface area contributed by atoms with Crippen molar-refractivity contribution in [2.24, 2.45) is 0 Å². The maximum Gasteiger partial charge on any atom is 0.331 e. The average Bonchev–Trinajstić information content (AvgIpc) is 2.33. The normalized spacial score (nSPS) is 14.5. The van der Waals surface area contributed by atoms with Crippen molar-refractivity contribution in [3.8, 4) is 0 Å². The summed E-state index contributed by atoms with van der Waals surface area (Å²) in [7, 11) is 1.33. The molecule has 1 heterocycles. The molecule has 2 atom stereocenters. The van der Waals surface area contributed by atoms with Gasteiger partial charge in [0.05, 0.1) is 18.8 Å². The van der Waals surface area contributed by atoms with Crippen LogP contribution in [0.15, 0.2) is 12.3 Å². The molecule has 0 aliphatic heterocycles. The molecule has 1 aromatic rings. The van der Waals surface area contributed by atoms with Crippen LogP contribution < -0.4 is 5.32 Å². The number of esters is 1. The summed E-state index contributed by atoms with van der Waals surface area (Å²) in [4.78, 5) is 19.7. The van der Waals surface area contributed by atoms with Crippen molar-refractivity contribution in [1.82, 2.24) is 9.97 Å². The summed E-state index contributed by atoms with van der Waals surface area (Å²) < 4.78 is 10.6. The molecule has 1 rings (SSSR count). The van der Waals surface area contributed by atoms with Gasteiger partial charge < -0.3 is 14.8 Å². The van der Waals surface area contributed by atoms with Gasteiger partial charge in [0.25, 0.3) is 0 Å². The van der Waals surface area contributed by atoms with Crippen LogP contribution in [0.25, 0.3) is 0 Å². The van der Waals surface area contributed by atoms with Crippen molar-refractivity contribution in [2.75, 3.05) is 12.4 Å². The number of nitrogens with one attached hydrogen (secondary N) is 1. The minimum atomic E-state index is -0.690. The van der Waals surface area contributed by atoms with E-state index in [1.165, 1.54) is 13.3 Å². The summed E-state index contributed by atoms with van der Waals surface area (Å²) >= 11 is 5.72. The summed E-state index contributed by atoms with van der Waals surface area (Å²) in [6.07, 6.45) is 1.09. The van der Waals surface area contributed by atoms with Crippen molar-refractivity contribution >= 4 is 23.4 Å². The van der Waals surface area contributed by atoms with Gasteiger partial charge in [-0.2, -0.15) is 0 Å². The van der Waals surface area contributed by atoms with E-state index < -0.39 is 18.1 Å². The number of aromatic nitrogens is 2. The SMILES string of the molecule is COC(=O)[C@@H](Nc1ccnc(Cl)n1)[C@@H](C)OC(C)(C)C. The zero-order chi connectivity index (χ0) is 15.3. The third-order valence-corrected chi connectivity index (χ3v) is 2.58. The van der Waals surface area contributed by atoms with Crippen LogP contribution in [-0.2, 0) is 14.3 Å². The first kappa shape index (κ1) is 16.7. The zero-order valence-electron chi connectivity index (χ0n) is 12.3. The molecule has 0 aromatic carbocycles. The molecule has 112 valence electrons. The highest BCUT2D eigenvalue weighted by atomic mass is 35.5. The topological polar surface area (TPSA) is 73.3 Å².